The van der Waals surface area contributed by atoms with E-state index in [1.54, 1.807) is 30.5 Å². The minimum absolute atomic E-state index is 0.0732. The van der Waals surface area contributed by atoms with E-state index in [-0.39, 0.29) is 5.89 Å². The third-order valence-corrected chi connectivity index (χ3v) is 3.37. The van der Waals surface area contributed by atoms with Crippen LogP contribution in [0.25, 0.3) is 11.4 Å². The smallest absolute Gasteiger partial charge is 0.316 e. The van der Waals surface area contributed by atoms with Gasteiger partial charge in [-0.3, -0.25) is 9.78 Å². The van der Waals surface area contributed by atoms with Crippen LogP contribution in [0.3, 0.4) is 0 Å². The van der Waals surface area contributed by atoms with Gasteiger partial charge in [-0.2, -0.15) is 4.98 Å². The molecule has 0 fully saturated rings. The Labute approximate surface area is 137 Å². The summed E-state index contributed by atoms with van der Waals surface area (Å²) >= 11 is 5.83. The van der Waals surface area contributed by atoms with Crippen LogP contribution in [0, 0.1) is 0 Å². The van der Waals surface area contributed by atoms with Crippen molar-refractivity contribution in [2.24, 2.45) is 0 Å². The maximum absolute atomic E-state index is 12.0. The Hall–Kier alpha value is -2.73. The van der Waals surface area contributed by atoms with Crippen molar-refractivity contribution >= 4 is 17.5 Å². The molecule has 0 atom stereocenters. The first-order chi connectivity index (χ1) is 11.2. The first-order valence-electron chi connectivity index (χ1n) is 7.00. The van der Waals surface area contributed by atoms with Gasteiger partial charge >= 0.3 is 11.8 Å². The van der Waals surface area contributed by atoms with Crippen LogP contribution in [-0.2, 0) is 6.42 Å². The van der Waals surface area contributed by atoms with Crippen LogP contribution in [-0.4, -0.2) is 27.6 Å². The molecule has 1 aromatic carbocycles. The van der Waals surface area contributed by atoms with Crippen LogP contribution in [0.5, 0.6) is 0 Å². The molecule has 0 aliphatic rings. The number of pyridine rings is 1. The fourth-order valence-corrected chi connectivity index (χ4v) is 2.08. The lowest BCUT2D eigenvalue weighted by Crippen LogP contribution is -2.26. The lowest BCUT2D eigenvalue weighted by molar-refractivity contribution is 0.0910. The van der Waals surface area contributed by atoms with Gasteiger partial charge in [0.25, 0.3) is 0 Å². The number of amides is 1. The molecule has 23 heavy (non-hydrogen) atoms. The molecule has 0 saturated heterocycles. The Kier molecular flexibility index (Phi) is 4.63. The largest absolute Gasteiger partial charge is 0.347 e. The third-order valence-electron chi connectivity index (χ3n) is 3.12. The topological polar surface area (TPSA) is 80.9 Å². The Morgan fingerprint density at radius 1 is 1.17 bits per heavy atom. The average molecular weight is 329 g/mol. The zero-order valence-electron chi connectivity index (χ0n) is 12.1. The van der Waals surface area contributed by atoms with E-state index in [4.69, 9.17) is 16.1 Å². The summed E-state index contributed by atoms with van der Waals surface area (Å²) in [6, 6.07) is 12.6. The molecule has 7 heteroatoms. The van der Waals surface area contributed by atoms with E-state index in [1.165, 1.54) is 0 Å². The van der Waals surface area contributed by atoms with Crippen LogP contribution in [0.15, 0.2) is 53.2 Å². The van der Waals surface area contributed by atoms with Crippen LogP contribution in [0.2, 0.25) is 5.02 Å². The number of rotatable bonds is 5. The average Bonchev–Trinajstić information content (AvgIpc) is 3.06. The predicted octanol–water partition coefficient (Wildman–Crippen LogP) is 2.76. The van der Waals surface area contributed by atoms with Crippen molar-refractivity contribution in [1.29, 1.82) is 0 Å². The van der Waals surface area contributed by atoms with Gasteiger partial charge in [0, 0.05) is 35.4 Å². The number of carbonyl (C=O) groups excluding carboxylic acids is 1. The van der Waals surface area contributed by atoms with Crippen molar-refractivity contribution in [3.05, 3.63) is 65.3 Å². The maximum Gasteiger partial charge on any atom is 0.316 e. The fourth-order valence-electron chi connectivity index (χ4n) is 1.96. The predicted molar refractivity (Wildman–Crippen MR) is 85.0 cm³/mol. The SMILES string of the molecule is O=C(NCCc1ccccn1)c1nc(-c2ccc(Cl)cc2)no1. The molecule has 0 spiro atoms. The van der Waals surface area contributed by atoms with Crippen LogP contribution in [0.4, 0.5) is 0 Å². The van der Waals surface area contributed by atoms with Gasteiger partial charge in [0.2, 0.25) is 5.82 Å². The Bertz CT molecular complexity index is 787. The molecule has 3 aromatic rings. The first kappa shape index (κ1) is 15.2. The summed E-state index contributed by atoms with van der Waals surface area (Å²) in [5.74, 6) is -0.138. The molecule has 116 valence electrons. The summed E-state index contributed by atoms with van der Waals surface area (Å²) < 4.78 is 4.99. The fraction of sp³-hybridized carbons (Fsp3) is 0.125. The van der Waals surface area contributed by atoms with Crippen molar-refractivity contribution in [3.8, 4) is 11.4 Å². The molecule has 0 aliphatic carbocycles. The summed E-state index contributed by atoms with van der Waals surface area (Å²) in [5, 5.41) is 7.14. The number of halogens is 1. The van der Waals surface area contributed by atoms with Crippen LogP contribution < -0.4 is 5.32 Å². The molecular formula is C16H13ClN4O2. The number of benzene rings is 1. The summed E-state index contributed by atoms with van der Waals surface area (Å²) in [6.07, 6.45) is 2.35. The Morgan fingerprint density at radius 3 is 2.74 bits per heavy atom. The highest BCUT2D eigenvalue weighted by molar-refractivity contribution is 6.30. The Morgan fingerprint density at radius 2 is 2.00 bits per heavy atom. The summed E-state index contributed by atoms with van der Waals surface area (Å²) in [7, 11) is 0. The molecule has 2 heterocycles. The number of nitrogens with zero attached hydrogens (tertiary/aromatic N) is 3. The van der Waals surface area contributed by atoms with E-state index < -0.39 is 5.91 Å². The minimum Gasteiger partial charge on any atom is -0.347 e. The summed E-state index contributed by atoms with van der Waals surface area (Å²) in [5.41, 5.74) is 1.63. The molecule has 0 saturated carbocycles. The molecule has 1 N–H and O–H groups in total. The maximum atomic E-state index is 12.0. The lowest BCUT2D eigenvalue weighted by Gasteiger charge is -2.01. The van der Waals surface area contributed by atoms with E-state index in [9.17, 15) is 4.79 Å². The molecule has 0 bridgehead atoms. The zero-order chi connectivity index (χ0) is 16.1. The molecule has 1 amide bonds. The number of aromatic nitrogens is 3. The van der Waals surface area contributed by atoms with E-state index >= 15 is 0 Å². The molecule has 3 rings (SSSR count). The number of hydrogen-bond donors (Lipinski definition) is 1. The van der Waals surface area contributed by atoms with Crippen molar-refractivity contribution in [2.45, 2.75) is 6.42 Å². The highest BCUT2D eigenvalue weighted by Gasteiger charge is 2.15. The zero-order valence-corrected chi connectivity index (χ0v) is 12.8. The van der Waals surface area contributed by atoms with Gasteiger partial charge in [-0.15, -0.1) is 0 Å². The van der Waals surface area contributed by atoms with Crippen LogP contribution in [0.1, 0.15) is 16.4 Å². The molecule has 0 unspecified atom stereocenters. The molecule has 6 nitrogen and oxygen atoms in total. The Balaban J connectivity index is 1.59. The van der Waals surface area contributed by atoms with Gasteiger partial charge in [0.15, 0.2) is 0 Å². The molecule has 0 radical (unpaired) electrons. The standard InChI is InChI=1S/C16H13ClN4O2/c17-12-6-4-11(5-7-12)14-20-16(23-21-14)15(22)19-10-8-13-3-1-2-9-18-13/h1-7,9H,8,10H2,(H,19,22). The summed E-state index contributed by atoms with van der Waals surface area (Å²) in [6.45, 7) is 0.439. The lowest BCUT2D eigenvalue weighted by atomic mass is 10.2. The molecule has 2 aromatic heterocycles. The van der Waals surface area contributed by atoms with Gasteiger partial charge in [-0.05, 0) is 36.4 Å². The van der Waals surface area contributed by atoms with E-state index in [0.29, 0.717) is 23.8 Å². The minimum atomic E-state index is -0.409. The van der Waals surface area contributed by atoms with E-state index in [1.807, 2.05) is 18.2 Å². The van der Waals surface area contributed by atoms with Gasteiger partial charge in [0.1, 0.15) is 0 Å². The second-order valence-corrected chi connectivity index (χ2v) is 5.19. The molecule has 0 aliphatic heterocycles. The van der Waals surface area contributed by atoms with Gasteiger partial charge in [-0.1, -0.05) is 22.8 Å². The number of nitrogens with one attached hydrogen (secondary N) is 1. The monoisotopic (exact) mass is 328 g/mol. The third kappa shape index (κ3) is 3.92. The van der Waals surface area contributed by atoms with Crippen molar-refractivity contribution < 1.29 is 9.32 Å². The highest BCUT2D eigenvalue weighted by atomic mass is 35.5. The first-order valence-corrected chi connectivity index (χ1v) is 7.38. The quantitative estimate of drug-likeness (QED) is 0.779. The van der Waals surface area contributed by atoms with Crippen molar-refractivity contribution in [1.82, 2.24) is 20.4 Å². The summed E-state index contributed by atoms with van der Waals surface area (Å²) in [4.78, 5) is 20.3. The number of hydrogen-bond acceptors (Lipinski definition) is 5. The van der Waals surface area contributed by atoms with Gasteiger partial charge in [0.05, 0.1) is 0 Å². The van der Waals surface area contributed by atoms with Crippen LogP contribution >= 0.6 is 11.6 Å². The van der Waals surface area contributed by atoms with E-state index in [2.05, 4.69) is 20.4 Å². The van der Waals surface area contributed by atoms with Gasteiger partial charge < -0.3 is 9.84 Å². The number of carbonyl (C=O) groups is 1. The van der Waals surface area contributed by atoms with Crippen molar-refractivity contribution in [2.75, 3.05) is 6.54 Å². The van der Waals surface area contributed by atoms with E-state index in [0.717, 1.165) is 11.3 Å². The second kappa shape index (κ2) is 7.02. The molecular weight excluding hydrogens is 316 g/mol. The highest BCUT2D eigenvalue weighted by Crippen LogP contribution is 2.18. The van der Waals surface area contributed by atoms with Gasteiger partial charge in [-0.25, -0.2) is 0 Å². The van der Waals surface area contributed by atoms with Crippen molar-refractivity contribution in [3.63, 3.8) is 0 Å². The normalized spacial score (nSPS) is 10.5. The second-order valence-electron chi connectivity index (χ2n) is 4.76.